The summed E-state index contributed by atoms with van der Waals surface area (Å²) in [5.74, 6) is -0.231. The first-order chi connectivity index (χ1) is 14.2. The standard InChI is InChI=1S/C20H24N4O5/c25-19(22-13-18(20(26)23-27)24-9-11-28-12-10-24)16-1-3-17(4-2-16)29-14-15-5-7-21-8-6-15/h1-8,18,27H,9-14H2,(H,22,25)(H,23,26)/t18-/m0/s1. The van der Waals surface area contributed by atoms with E-state index in [9.17, 15) is 9.59 Å². The van der Waals surface area contributed by atoms with Gasteiger partial charge in [0.25, 0.3) is 11.8 Å². The Bertz CT molecular complexity index is 794. The number of hydroxylamine groups is 1. The van der Waals surface area contributed by atoms with Gasteiger partial charge >= 0.3 is 0 Å². The number of nitrogens with zero attached hydrogens (tertiary/aromatic N) is 2. The Balaban J connectivity index is 1.53. The van der Waals surface area contributed by atoms with E-state index >= 15 is 0 Å². The molecule has 0 aliphatic carbocycles. The Hall–Kier alpha value is -3.01. The lowest BCUT2D eigenvalue weighted by Gasteiger charge is -2.33. The van der Waals surface area contributed by atoms with Crippen molar-refractivity contribution in [3.8, 4) is 5.75 Å². The average molecular weight is 400 g/mol. The number of hydrogen-bond acceptors (Lipinski definition) is 7. The molecule has 1 saturated heterocycles. The van der Waals surface area contributed by atoms with Gasteiger partial charge in [-0.25, -0.2) is 5.48 Å². The van der Waals surface area contributed by atoms with Crippen LogP contribution >= 0.6 is 0 Å². The van der Waals surface area contributed by atoms with Crippen LogP contribution in [0.15, 0.2) is 48.8 Å². The number of hydrogen-bond donors (Lipinski definition) is 3. The molecule has 0 unspecified atom stereocenters. The second kappa shape index (κ2) is 10.5. The molecule has 154 valence electrons. The predicted octanol–water partition coefficient (Wildman–Crippen LogP) is 0.597. The fraction of sp³-hybridized carbons (Fsp3) is 0.350. The zero-order valence-electron chi connectivity index (χ0n) is 15.9. The molecule has 9 nitrogen and oxygen atoms in total. The Labute approximate surface area is 168 Å². The highest BCUT2D eigenvalue weighted by Gasteiger charge is 2.27. The lowest BCUT2D eigenvalue weighted by molar-refractivity contribution is -0.136. The van der Waals surface area contributed by atoms with E-state index < -0.39 is 11.9 Å². The second-order valence-corrected chi connectivity index (χ2v) is 6.52. The maximum absolute atomic E-state index is 12.4. The van der Waals surface area contributed by atoms with Crippen LogP contribution in [0.3, 0.4) is 0 Å². The molecule has 3 N–H and O–H groups in total. The molecule has 1 aliphatic heterocycles. The van der Waals surface area contributed by atoms with Gasteiger partial charge in [-0.2, -0.15) is 0 Å². The van der Waals surface area contributed by atoms with Gasteiger partial charge in [0.15, 0.2) is 0 Å². The molecule has 1 aromatic heterocycles. The zero-order chi connectivity index (χ0) is 20.5. The van der Waals surface area contributed by atoms with E-state index in [-0.39, 0.29) is 12.5 Å². The van der Waals surface area contributed by atoms with E-state index in [4.69, 9.17) is 14.7 Å². The quantitative estimate of drug-likeness (QED) is 0.439. The third kappa shape index (κ3) is 5.98. The average Bonchev–Trinajstić information content (AvgIpc) is 2.79. The monoisotopic (exact) mass is 400 g/mol. The number of aromatic nitrogens is 1. The van der Waals surface area contributed by atoms with Gasteiger partial charge in [-0.1, -0.05) is 0 Å². The number of amides is 2. The molecular weight excluding hydrogens is 376 g/mol. The summed E-state index contributed by atoms with van der Waals surface area (Å²) in [5.41, 5.74) is 3.12. The van der Waals surface area contributed by atoms with Crippen LogP contribution in [-0.4, -0.2) is 65.8 Å². The van der Waals surface area contributed by atoms with Crippen molar-refractivity contribution in [3.05, 3.63) is 59.9 Å². The van der Waals surface area contributed by atoms with E-state index in [2.05, 4.69) is 10.3 Å². The molecule has 3 rings (SSSR count). The molecule has 0 spiro atoms. The number of nitrogens with one attached hydrogen (secondary N) is 2. The number of pyridine rings is 1. The topological polar surface area (TPSA) is 113 Å². The van der Waals surface area contributed by atoms with E-state index in [1.54, 1.807) is 42.1 Å². The Morgan fingerprint density at radius 3 is 2.48 bits per heavy atom. The fourth-order valence-electron chi connectivity index (χ4n) is 2.99. The van der Waals surface area contributed by atoms with Gasteiger partial charge in [0.2, 0.25) is 0 Å². The zero-order valence-corrected chi connectivity index (χ0v) is 15.9. The Morgan fingerprint density at radius 1 is 1.14 bits per heavy atom. The molecule has 0 bridgehead atoms. The summed E-state index contributed by atoms with van der Waals surface area (Å²) in [6, 6.07) is 9.83. The van der Waals surface area contributed by atoms with Crippen molar-refractivity contribution in [2.24, 2.45) is 0 Å². The molecule has 1 aliphatic rings. The second-order valence-electron chi connectivity index (χ2n) is 6.52. The van der Waals surface area contributed by atoms with Gasteiger partial charge in [0.05, 0.1) is 13.2 Å². The fourth-order valence-corrected chi connectivity index (χ4v) is 2.99. The van der Waals surface area contributed by atoms with E-state index in [0.29, 0.717) is 44.2 Å². The van der Waals surface area contributed by atoms with Gasteiger partial charge in [-0.3, -0.25) is 24.7 Å². The van der Waals surface area contributed by atoms with Crippen LogP contribution in [0.25, 0.3) is 0 Å². The van der Waals surface area contributed by atoms with Crippen molar-refractivity contribution in [2.45, 2.75) is 12.6 Å². The molecule has 0 radical (unpaired) electrons. The first-order valence-corrected chi connectivity index (χ1v) is 9.33. The highest BCUT2D eigenvalue weighted by molar-refractivity contribution is 5.94. The van der Waals surface area contributed by atoms with Gasteiger partial charge in [0.1, 0.15) is 18.4 Å². The molecule has 1 fully saturated rings. The van der Waals surface area contributed by atoms with Crippen molar-refractivity contribution < 1.29 is 24.3 Å². The largest absolute Gasteiger partial charge is 0.489 e. The summed E-state index contributed by atoms with van der Waals surface area (Å²) >= 11 is 0. The van der Waals surface area contributed by atoms with Crippen LogP contribution in [-0.2, 0) is 16.1 Å². The van der Waals surface area contributed by atoms with Crippen molar-refractivity contribution >= 4 is 11.8 Å². The van der Waals surface area contributed by atoms with Crippen molar-refractivity contribution in [3.63, 3.8) is 0 Å². The van der Waals surface area contributed by atoms with E-state index in [1.165, 1.54) is 0 Å². The predicted molar refractivity (Wildman–Crippen MR) is 103 cm³/mol. The molecule has 2 aromatic rings. The molecule has 29 heavy (non-hydrogen) atoms. The highest BCUT2D eigenvalue weighted by atomic mass is 16.5. The minimum Gasteiger partial charge on any atom is -0.489 e. The minimum atomic E-state index is -0.671. The SMILES string of the molecule is O=C(NC[C@@H](C(=O)NO)N1CCOCC1)c1ccc(OCc2ccncc2)cc1. The van der Waals surface area contributed by atoms with Gasteiger partial charge < -0.3 is 14.8 Å². The number of morpholine rings is 1. The molecule has 9 heteroatoms. The summed E-state index contributed by atoms with van der Waals surface area (Å²) in [6.45, 7) is 2.60. The van der Waals surface area contributed by atoms with Crippen LogP contribution in [0.2, 0.25) is 0 Å². The van der Waals surface area contributed by atoms with Crippen molar-refractivity contribution in [2.75, 3.05) is 32.8 Å². The van der Waals surface area contributed by atoms with Gasteiger partial charge in [0, 0.05) is 37.6 Å². The molecule has 1 atom stereocenters. The van der Waals surface area contributed by atoms with Crippen molar-refractivity contribution in [1.82, 2.24) is 20.7 Å². The van der Waals surface area contributed by atoms with Crippen LogP contribution in [0.1, 0.15) is 15.9 Å². The normalized spacial score (nSPS) is 15.3. The Kier molecular flexibility index (Phi) is 7.51. The van der Waals surface area contributed by atoms with Crippen LogP contribution < -0.4 is 15.5 Å². The van der Waals surface area contributed by atoms with E-state index in [1.807, 2.05) is 17.0 Å². The third-order valence-electron chi connectivity index (χ3n) is 4.63. The Morgan fingerprint density at radius 2 is 1.83 bits per heavy atom. The van der Waals surface area contributed by atoms with Crippen molar-refractivity contribution in [1.29, 1.82) is 0 Å². The van der Waals surface area contributed by atoms with Crippen LogP contribution in [0.4, 0.5) is 0 Å². The minimum absolute atomic E-state index is 0.0749. The number of carbonyl (C=O) groups excluding carboxylic acids is 2. The third-order valence-corrected chi connectivity index (χ3v) is 4.63. The smallest absolute Gasteiger partial charge is 0.262 e. The maximum Gasteiger partial charge on any atom is 0.262 e. The van der Waals surface area contributed by atoms with Gasteiger partial charge in [-0.15, -0.1) is 0 Å². The maximum atomic E-state index is 12.4. The summed E-state index contributed by atoms with van der Waals surface area (Å²) < 4.78 is 11.0. The number of benzene rings is 1. The molecule has 2 amide bonds. The highest BCUT2D eigenvalue weighted by Crippen LogP contribution is 2.14. The summed E-state index contributed by atoms with van der Waals surface area (Å²) in [7, 11) is 0. The lowest BCUT2D eigenvalue weighted by Crippen LogP contribution is -2.55. The van der Waals surface area contributed by atoms with Crippen LogP contribution in [0, 0.1) is 0 Å². The molecule has 0 saturated carbocycles. The summed E-state index contributed by atoms with van der Waals surface area (Å²) in [6.07, 6.45) is 3.40. The first-order valence-electron chi connectivity index (χ1n) is 9.33. The van der Waals surface area contributed by atoms with E-state index in [0.717, 1.165) is 5.56 Å². The van der Waals surface area contributed by atoms with Crippen LogP contribution in [0.5, 0.6) is 5.75 Å². The lowest BCUT2D eigenvalue weighted by atomic mass is 10.1. The molecular formula is C20H24N4O5. The molecule has 2 heterocycles. The number of rotatable bonds is 8. The summed E-state index contributed by atoms with van der Waals surface area (Å²) in [5, 5.41) is 11.7. The summed E-state index contributed by atoms with van der Waals surface area (Å²) in [4.78, 5) is 30.2. The number of carbonyl (C=O) groups is 2. The first kappa shape index (κ1) is 20.7. The van der Waals surface area contributed by atoms with Gasteiger partial charge in [-0.05, 0) is 42.0 Å². The molecule has 1 aromatic carbocycles. The number of ether oxygens (including phenoxy) is 2.